The molecule has 0 saturated carbocycles. The molecule has 3 nitrogen and oxygen atoms in total. The second-order valence-electron chi connectivity index (χ2n) is 5.30. The Hall–Kier alpha value is -2.39. The van der Waals surface area contributed by atoms with Crippen LogP contribution < -0.4 is 5.32 Å². The molecule has 0 saturated heterocycles. The molecule has 1 amide bonds. The van der Waals surface area contributed by atoms with Crippen molar-refractivity contribution < 1.29 is 9.53 Å². The fourth-order valence-electron chi connectivity index (χ4n) is 2.63. The third kappa shape index (κ3) is 3.62. The van der Waals surface area contributed by atoms with E-state index >= 15 is 0 Å². The zero-order valence-corrected chi connectivity index (χ0v) is 12.4. The maximum atomic E-state index is 11.9. The van der Waals surface area contributed by atoms with E-state index in [0.29, 0.717) is 13.2 Å². The van der Waals surface area contributed by atoms with Crippen LogP contribution in [0.25, 0.3) is 6.08 Å². The highest BCUT2D eigenvalue weighted by molar-refractivity contribution is 5.91. The lowest BCUT2D eigenvalue weighted by molar-refractivity contribution is -0.117. The van der Waals surface area contributed by atoms with Crippen molar-refractivity contribution >= 4 is 12.0 Å². The molecule has 1 atom stereocenters. The van der Waals surface area contributed by atoms with Gasteiger partial charge in [0.25, 0.3) is 0 Å². The molecule has 0 aromatic heterocycles. The normalized spacial score (nSPS) is 17.2. The van der Waals surface area contributed by atoms with E-state index in [4.69, 9.17) is 4.74 Å². The number of hydrogen-bond acceptors (Lipinski definition) is 2. The summed E-state index contributed by atoms with van der Waals surface area (Å²) in [7, 11) is 0. The minimum atomic E-state index is -0.101. The van der Waals surface area contributed by atoms with Gasteiger partial charge in [-0.3, -0.25) is 4.79 Å². The number of benzene rings is 2. The average molecular weight is 293 g/mol. The second kappa shape index (κ2) is 7.05. The molecular formula is C19H19NO2. The molecule has 0 spiro atoms. The Morgan fingerprint density at radius 2 is 1.91 bits per heavy atom. The van der Waals surface area contributed by atoms with Crippen LogP contribution in [0.1, 0.15) is 22.8 Å². The molecule has 0 bridgehead atoms. The highest BCUT2D eigenvalue weighted by Gasteiger charge is 2.20. The van der Waals surface area contributed by atoms with Crippen molar-refractivity contribution in [3.05, 3.63) is 77.4 Å². The van der Waals surface area contributed by atoms with E-state index < -0.39 is 0 Å². The largest absolute Gasteiger partial charge is 0.371 e. The van der Waals surface area contributed by atoms with Crippen molar-refractivity contribution in [2.45, 2.75) is 12.5 Å². The number of hydrogen-bond donors (Lipinski definition) is 1. The van der Waals surface area contributed by atoms with Gasteiger partial charge in [-0.05, 0) is 29.2 Å². The summed E-state index contributed by atoms with van der Waals surface area (Å²) in [6, 6.07) is 18.0. The SMILES string of the molecule is O=C(/C=C/c1ccccc1)NC[C@@H]1OCCc2ccccc21. The molecule has 1 N–H and O–H groups in total. The summed E-state index contributed by atoms with van der Waals surface area (Å²) in [6.45, 7) is 1.20. The predicted octanol–water partition coefficient (Wildman–Crippen LogP) is 3.13. The Kier molecular flexibility index (Phi) is 4.66. The highest BCUT2D eigenvalue weighted by atomic mass is 16.5. The summed E-state index contributed by atoms with van der Waals surface area (Å²) in [5, 5.41) is 2.91. The van der Waals surface area contributed by atoms with Crippen molar-refractivity contribution in [2.75, 3.05) is 13.2 Å². The molecule has 2 aromatic rings. The van der Waals surface area contributed by atoms with Crippen LogP contribution >= 0.6 is 0 Å². The van der Waals surface area contributed by atoms with Crippen LogP contribution in [0, 0.1) is 0 Å². The van der Waals surface area contributed by atoms with Gasteiger partial charge in [-0.15, -0.1) is 0 Å². The fraction of sp³-hybridized carbons (Fsp3) is 0.211. The van der Waals surface area contributed by atoms with E-state index in [9.17, 15) is 4.79 Å². The highest BCUT2D eigenvalue weighted by Crippen LogP contribution is 2.26. The van der Waals surface area contributed by atoms with Crippen LogP contribution in [0.3, 0.4) is 0 Å². The number of rotatable bonds is 4. The lowest BCUT2D eigenvalue weighted by atomic mass is 9.97. The molecular weight excluding hydrogens is 274 g/mol. The van der Waals surface area contributed by atoms with Gasteiger partial charge < -0.3 is 10.1 Å². The van der Waals surface area contributed by atoms with Crippen LogP contribution in [-0.4, -0.2) is 19.1 Å². The summed E-state index contributed by atoms with van der Waals surface area (Å²) in [4.78, 5) is 11.9. The Balaban J connectivity index is 1.57. The Labute approximate surface area is 130 Å². The second-order valence-corrected chi connectivity index (χ2v) is 5.30. The maximum absolute atomic E-state index is 11.9. The van der Waals surface area contributed by atoms with Gasteiger partial charge in [0, 0.05) is 12.6 Å². The van der Waals surface area contributed by atoms with Gasteiger partial charge in [0.2, 0.25) is 5.91 Å². The van der Waals surface area contributed by atoms with Crippen molar-refractivity contribution in [1.82, 2.24) is 5.32 Å². The number of ether oxygens (including phenoxy) is 1. The smallest absolute Gasteiger partial charge is 0.244 e. The third-order valence-corrected chi connectivity index (χ3v) is 3.78. The molecule has 2 aromatic carbocycles. The van der Waals surface area contributed by atoms with Crippen molar-refractivity contribution in [3.63, 3.8) is 0 Å². The van der Waals surface area contributed by atoms with Crippen LogP contribution in [0.4, 0.5) is 0 Å². The van der Waals surface area contributed by atoms with Gasteiger partial charge in [-0.2, -0.15) is 0 Å². The minimum absolute atomic E-state index is 0.0565. The lowest BCUT2D eigenvalue weighted by Gasteiger charge is -2.26. The van der Waals surface area contributed by atoms with Crippen LogP contribution in [0.5, 0.6) is 0 Å². The molecule has 3 rings (SSSR count). The Morgan fingerprint density at radius 3 is 2.77 bits per heavy atom. The number of nitrogens with one attached hydrogen (secondary N) is 1. The molecule has 1 aliphatic heterocycles. The van der Waals surface area contributed by atoms with E-state index in [1.807, 2.05) is 48.5 Å². The molecule has 0 fully saturated rings. The predicted molar refractivity (Wildman–Crippen MR) is 87.3 cm³/mol. The zero-order chi connectivity index (χ0) is 15.2. The molecule has 1 aliphatic rings. The maximum Gasteiger partial charge on any atom is 0.244 e. The van der Waals surface area contributed by atoms with Crippen molar-refractivity contribution in [2.24, 2.45) is 0 Å². The first kappa shape index (κ1) is 14.5. The van der Waals surface area contributed by atoms with Crippen LogP contribution in [0.2, 0.25) is 0 Å². The summed E-state index contributed by atoms with van der Waals surface area (Å²) in [6.07, 6.45) is 4.25. The van der Waals surface area contributed by atoms with Gasteiger partial charge >= 0.3 is 0 Å². The number of carbonyl (C=O) groups is 1. The van der Waals surface area contributed by atoms with Gasteiger partial charge in [0.1, 0.15) is 6.10 Å². The van der Waals surface area contributed by atoms with Crippen LogP contribution in [-0.2, 0) is 16.0 Å². The fourth-order valence-corrected chi connectivity index (χ4v) is 2.63. The first-order valence-corrected chi connectivity index (χ1v) is 7.53. The quantitative estimate of drug-likeness (QED) is 0.880. The number of amides is 1. The number of carbonyl (C=O) groups excluding carboxylic acids is 1. The lowest BCUT2D eigenvalue weighted by Crippen LogP contribution is -2.30. The van der Waals surface area contributed by atoms with E-state index in [1.165, 1.54) is 11.1 Å². The summed E-state index contributed by atoms with van der Waals surface area (Å²) in [5.41, 5.74) is 3.51. The number of fused-ring (bicyclic) bond motifs is 1. The van der Waals surface area contributed by atoms with Crippen molar-refractivity contribution in [1.29, 1.82) is 0 Å². The zero-order valence-electron chi connectivity index (χ0n) is 12.4. The molecule has 0 unspecified atom stereocenters. The molecule has 0 radical (unpaired) electrons. The van der Waals surface area contributed by atoms with E-state index in [1.54, 1.807) is 6.08 Å². The first-order valence-electron chi connectivity index (χ1n) is 7.53. The average Bonchev–Trinajstić information content (AvgIpc) is 2.59. The molecule has 112 valence electrons. The molecule has 0 aliphatic carbocycles. The van der Waals surface area contributed by atoms with Gasteiger partial charge in [0.15, 0.2) is 0 Å². The van der Waals surface area contributed by atoms with E-state index in [-0.39, 0.29) is 12.0 Å². The Morgan fingerprint density at radius 1 is 1.14 bits per heavy atom. The van der Waals surface area contributed by atoms with E-state index in [0.717, 1.165) is 12.0 Å². The van der Waals surface area contributed by atoms with E-state index in [2.05, 4.69) is 17.4 Å². The molecule has 1 heterocycles. The first-order chi connectivity index (χ1) is 10.8. The topological polar surface area (TPSA) is 38.3 Å². The summed E-state index contributed by atoms with van der Waals surface area (Å²) < 4.78 is 5.78. The van der Waals surface area contributed by atoms with Gasteiger partial charge in [0.05, 0.1) is 6.61 Å². The van der Waals surface area contributed by atoms with Crippen LogP contribution in [0.15, 0.2) is 60.7 Å². The molecule has 22 heavy (non-hydrogen) atoms. The van der Waals surface area contributed by atoms with Gasteiger partial charge in [-0.1, -0.05) is 54.6 Å². The summed E-state index contributed by atoms with van der Waals surface area (Å²) >= 11 is 0. The molecule has 3 heteroatoms. The van der Waals surface area contributed by atoms with Crippen molar-refractivity contribution in [3.8, 4) is 0 Å². The summed E-state index contributed by atoms with van der Waals surface area (Å²) in [5.74, 6) is -0.101. The Bertz CT molecular complexity index is 664. The standard InChI is InChI=1S/C19H19NO2/c21-19(11-10-15-6-2-1-3-7-15)20-14-18-17-9-5-4-8-16(17)12-13-22-18/h1-11,18H,12-14H2,(H,20,21)/b11-10+/t18-/m0/s1. The van der Waals surface area contributed by atoms with Gasteiger partial charge in [-0.25, -0.2) is 0 Å². The third-order valence-electron chi connectivity index (χ3n) is 3.78. The monoisotopic (exact) mass is 293 g/mol. The minimum Gasteiger partial charge on any atom is -0.371 e.